The SMILES string of the molecule is COC(C)c1nc(-c2cc3c(C(C)C)nn(-c4ccccc4C)c(=O)c3cc2F)nn1C. The number of hydrogen-bond donors (Lipinski definition) is 0. The van der Waals surface area contributed by atoms with Crippen LogP contribution in [0.1, 0.15) is 49.9 Å². The Labute approximate surface area is 185 Å². The molecule has 2 aromatic carbocycles. The second-order valence-corrected chi connectivity index (χ2v) is 8.22. The van der Waals surface area contributed by atoms with Gasteiger partial charge in [-0.15, -0.1) is 0 Å². The van der Waals surface area contributed by atoms with Gasteiger partial charge in [-0.2, -0.15) is 14.9 Å². The van der Waals surface area contributed by atoms with Crippen LogP contribution in [0.25, 0.3) is 27.8 Å². The highest BCUT2D eigenvalue weighted by atomic mass is 19.1. The molecule has 0 bridgehead atoms. The molecule has 32 heavy (non-hydrogen) atoms. The number of aromatic nitrogens is 5. The van der Waals surface area contributed by atoms with E-state index in [1.54, 1.807) is 24.9 Å². The molecule has 2 aromatic heterocycles. The van der Waals surface area contributed by atoms with Crippen LogP contribution in [0, 0.1) is 12.7 Å². The van der Waals surface area contributed by atoms with Crippen molar-refractivity contribution in [2.24, 2.45) is 7.05 Å². The van der Waals surface area contributed by atoms with Crippen LogP contribution in [0.4, 0.5) is 4.39 Å². The third-order valence-electron chi connectivity index (χ3n) is 5.66. The minimum Gasteiger partial charge on any atom is -0.374 e. The Bertz CT molecular complexity index is 1370. The Morgan fingerprint density at radius 3 is 2.44 bits per heavy atom. The van der Waals surface area contributed by atoms with E-state index in [4.69, 9.17) is 4.74 Å². The summed E-state index contributed by atoms with van der Waals surface area (Å²) in [5, 5.41) is 9.92. The Hall–Kier alpha value is -3.39. The molecule has 4 rings (SSSR count). The van der Waals surface area contributed by atoms with Crippen molar-refractivity contribution in [1.29, 1.82) is 0 Å². The van der Waals surface area contributed by atoms with Gasteiger partial charge in [0, 0.05) is 19.5 Å². The van der Waals surface area contributed by atoms with E-state index in [0.29, 0.717) is 22.6 Å². The molecule has 0 aliphatic heterocycles. The fourth-order valence-electron chi connectivity index (χ4n) is 3.82. The van der Waals surface area contributed by atoms with Crippen molar-refractivity contribution in [3.8, 4) is 17.1 Å². The molecule has 0 aliphatic carbocycles. The molecule has 7 nitrogen and oxygen atoms in total. The van der Waals surface area contributed by atoms with Crippen molar-refractivity contribution in [2.45, 2.75) is 39.7 Å². The van der Waals surface area contributed by atoms with Gasteiger partial charge in [-0.1, -0.05) is 32.0 Å². The molecular weight excluding hydrogens is 409 g/mol. The highest BCUT2D eigenvalue weighted by molar-refractivity contribution is 5.88. The highest BCUT2D eigenvalue weighted by Gasteiger charge is 2.22. The molecule has 0 spiro atoms. The first-order chi connectivity index (χ1) is 15.2. The largest absolute Gasteiger partial charge is 0.374 e. The van der Waals surface area contributed by atoms with E-state index < -0.39 is 5.82 Å². The summed E-state index contributed by atoms with van der Waals surface area (Å²) in [5.41, 5.74) is 2.14. The van der Waals surface area contributed by atoms with Crippen LogP contribution in [0.3, 0.4) is 0 Å². The molecule has 0 saturated carbocycles. The number of methoxy groups -OCH3 is 1. The van der Waals surface area contributed by atoms with Crippen molar-refractivity contribution >= 4 is 10.8 Å². The first kappa shape index (κ1) is 21.8. The number of halogens is 1. The van der Waals surface area contributed by atoms with Gasteiger partial charge in [-0.05, 0) is 43.5 Å². The monoisotopic (exact) mass is 435 g/mol. The number of benzene rings is 2. The Kier molecular flexibility index (Phi) is 5.64. The maximum atomic E-state index is 15.3. The first-order valence-corrected chi connectivity index (χ1v) is 10.5. The van der Waals surface area contributed by atoms with Crippen LogP contribution < -0.4 is 5.56 Å². The van der Waals surface area contributed by atoms with Gasteiger partial charge in [0.15, 0.2) is 11.6 Å². The Balaban J connectivity index is 1.99. The third-order valence-corrected chi connectivity index (χ3v) is 5.66. The molecule has 8 heteroatoms. The van der Waals surface area contributed by atoms with Gasteiger partial charge in [0.05, 0.1) is 22.3 Å². The Morgan fingerprint density at radius 2 is 1.78 bits per heavy atom. The van der Waals surface area contributed by atoms with Crippen molar-refractivity contribution in [1.82, 2.24) is 24.5 Å². The smallest absolute Gasteiger partial charge is 0.279 e. The molecule has 166 valence electrons. The number of para-hydroxylation sites is 1. The average Bonchev–Trinajstić information content (AvgIpc) is 3.15. The van der Waals surface area contributed by atoms with E-state index in [9.17, 15) is 4.79 Å². The van der Waals surface area contributed by atoms with Gasteiger partial charge in [0.2, 0.25) is 0 Å². The summed E-state index contributed by atoms with van der Waals surface area (Å²) >= 11 is 0. The van der Waals surface area contributed by atoms with E-state index >= 15 is 4.39 Å². The van der Waals surface area contributed by atoms with Gasteiger partial charge >= 0.3 is 0 Å². The standard InChI is InChI=1S/C24H26FN5O2/c1-13(2)21-16-11-18(22-26-23(15(4)32-6)29(5)28-22)19(25)12-17(16)24(31)30(27-21)20-10-8-7-9-14(20)3/h7-13,15H,1-6H3. The van der Waals surface area contributed by atoms with Crippen LogP contribution in [-0.2, 0) is 11.8 Å². The molecular formula is C24H26FN5O2. The maximum Gasteiger partial charge on any atom is 0.279 e. The van der Waals surface area contributed by atoms with Gasteiger partial charge in [0.1, 0.15) is 11.9 Å². The van der Waals surface area contributed by atoms with E-state index in [-0.39, 0.29) is 34.4 Å². The van der Waals surface area contributed by atoms with Crippen molar-refractivity contribution in [3.05, 3.63) is 69.7 Å². The van der Waals surface area contributed by atoms with Gasteiger partial charge < -0.3 is 4.74 Å². The zero-order valence-electron chi connectivity index (χ0n) is 19.0. The molecule has 1 atom stereocenters. The lowest BCUT2D eigenvalue weighted by Gasteiger charge is -2.15. The number of nitrogens with zero attached hydrogens (tertiary/aromatic N) is 5. The fourth-order valence-corrected chi connectivity index (χ4v) is 3.82. The second-order valence-electron chi connectivity index (χ2n) is 8.22. The predicted molar refractivity (Wildman–Crippen MR) is 122 cm³/mol. The summed E-state index contributed by atoms with van der Waals surface area (Å²) < 4.78 is 23.5. The number of fused-ring (bicyclic) bond motifs is 1. The number of aryl methyl sites for hydroxylation is 2. The summed E-state index contributed by atoms with van der Waals surface area (Å²) in [6.45, 7) is 7.75. The third kappa shape index (κ3) is 3.60. The lowest BCUT2D eigenvalue weighted by atomic mass is 10.00. The van der Waals surface area contributed by atoms with E-state index in [1.165, 1.54) is 10.7 Å². The summed E-state index contributed by atoms with van der Waals surface area (Å²) in [6, 6.07) is 10.4. The van der Waals surface area contributed by atoms with Crippen molar-refractivity contribution < 1.29 is 9.13 Å². The van der Waals surface area contributed by atoms with E-state index in [0.717, 1.165) is 5.56 Å². The highest BCUT2D eigenvalue weighted by Crippen LogP contribution is 2.30. The molecule has 0 saturated heterocycles. The van der Waals surface area contributed by atoms with Crippen LogP contribution in [0.5, 0.6) is 0 Å². The van der Waals surface area contributed by atoms with Crippen molar-refractivity contribution in [3.63, 3.8) is 0 Å². The lowest BCUT2D eigenvalue weighted by Crippen LogP contribution is -2.24. The van der Waals surface area contributed by atoms with E-state index in [2.05, 4.69) is 15.2 Å². The lowest BCUT2D eigenvalue weighted by molar-refractivity contribution is 0.109. The molecule has 0 aliphatic rings. The molecule has 1 unspecified atom stereocenters. The number of hydrogen-bond acceptors (Lipinski definition) is 5. The van der Waals surface area contributed by atoms with Crippen LogP contribution >= 0.6 is 0 Å². The first-order valence-electron chi connectivity index (χ1n) is 10.5. The summed E-state index contributed by atoms with van der Waals surface area (Å²) in [5.74, 6) is 0.268. The number of rotatable bonds is 5. The second kappa shape index (κ2) is 8.27. The summed E-state index contributed by atoms with van der Waals surface area (Å²) in [7, 11) is 3.32. The summed E-state index contributed by atoms with van der Waals surface area (Å²) in [4.78, 5) is 17.8. The zero-order chi connectivity index (χ0) is 23.2. The molecule has 2 heterocycles. The Morgan fingerprint density at radius 1 is 1.06 bits per heavy atom. The summed E-state index contributed by atoms with van der Waals surface area (Å²) in [6.07, 6.45) is -0.293. The molecule has 0 amide bonds. The topological polar surface area (TPSA) is 74.8 Å². The minimum absolute atomic E-state index is 0.00689. The maximum absolute atomic E-state index is 15.3. The number of ether oxygens (including phenoxy) is 1. The normalized spacial score (nSPS) is 12.6. The van der Waals surface area contributed by atoms with Gasteiger partial charge in [-0.25, -0.2) is 9.37 Å². The molecule has 4 aromatic rings. The minimum atomic E-state index is -0.561. The van der Waals surface area contributed by atoms with Crippen LogP contribution in [0.15, 0.2) is 41.2 Å². The molecule has 0 N–H and O–H groups in total. The predicted octanol–water partition coefficient (Wildman–Crippen LogP) is 4.46. The van der Waals surface area contributed by atoms with Crippen LogP contribution in [0.2, 0.25) is 0 Å². The fraction of sp³-hybridized carbons (Fsp3) is 0.333. The quantitative estimate of drug-likeness (QED) is 0.463. The van der Waals surface area contributed by atoms with Gasteiger partial charge in [-0.3, -0.25) is 9.48 Å². The molecule has 0 radical (unpaired) electrons. The average molecular weight is 436 g/mol. The zero-order valence-corrected chi connectivity index (χ0v) is 19.0. The van der Waals surface area contributed by atoms with Crippen molar-refractivity contribution in [2.75, 3.05) is 7.11 Å². The van der Waals surface area contributed by atoms with E-state index in [1.807, 2.05) is 52.0 Å². The van der Waals surface area contributed by atoms with Crippen LogP contribution in [-0.4, -0.2) is 31.7 Å². The molecule has 0 fully saturated rings. The van der Waals surface area contributed by atoms with Gasteiger partial charge in [0.25, 0.3) is 5.56 Å².